The van der Waals surface area contributed by atoms with Gasteiger partial charge in [0.05, 0.1) is 22.3 Å². The van der Waals surface area contributed by atoms with Crippen molar-refractivity contribution in [2.75, 3.05) is 0 Å². The number of hydrogen-bond acceptors (Lipinski definition) is 4. The van der Waals surface area contributed by atoms with Crippen LogP contribution in [0, 0.1) is 21.7 Å². The summed E-state index contributed by atoms with van der Waals surface area (Å²) in [6.07, 6.45) is 9.10. The highest BCUT2D eigenvalue weighted by Gasteiger charge is 2.62. The molecular formula is C54H48O8. The highest BCUT2D eigenvalue weighted by Crippen LogP contribution is 2.74. The van der Waals surface area contributed by atoms with Crippen LogP contribution in [0.15, 0.2) is 155 Å². The highest BCUT2D eigenvalue weighted by atomic mass is 16.4. The molecule has 4 aromatic carbocycles. The maximum absolute atomic E-state index is 12.2. The van der Waals surface area contributed by atoms with Gasteiger partial charge in [0.15, 0.2) is 0 Å². The molecule has 0 saturated carbocycles. The summed E-state index contributed by atoms with van der Waals surface area (Å²) in [5, 5.41) is 39.9. The molecule has 0 heterocycles. The van der Waals surface area contributed by atoms with Crippen molar-refractivity contribution in [3.63, 3.8) is 0 Å². The Labute approximate surface area is 361 Å². The van der Waals surface area contributed by atoms with Gasteiger partial charge >= 0.3 is 23.9 Å². The van der Waals surface area contributed by atoms with Crippen molar-refractivity contribution < 1.29 is 39.6 Å². The van der Waals surface area contributed by atoms with E-state index in [4.69, 9.17) is 0 Å². The quantitative estimate of drug-likeness (QED) is 0.137. The fraction of sp³-hybridized carbons (Fsp3) is 0.222. The van der Waals surface area contributed by atoms with Crippen molar-refractivity contribution in [3.05, 3.63) is 199 Å². The van der Waals surface area contributed by atoms with Crippen LogP contribution < -0.4 is 0 Å². The van der Waals surface area contributed by atoms with Crippen LogP contribution in [0.5, 0.6) is 0 Å². The molecule has 0 bridgehead atoms. The molecular weight excluding hydrogens is 777 g/mol. The van der Waals surface area contributed by atoms with E-state index in [0.717, 1.165) is 78.0 Å². The molecule has 0 saturated heterocycles. The van der Waals surface area contributed by atoms with Gasteiger partial charge in [-0.1, -0.05) is 128 Å². The summed E-state index contributed by atoms with van der Waals surface area (Å²) in [7, 11) is 0. The Morgan fingerprint density at radius 3 is 0.806 bits per heavy atom. The van der Waals surface area contributed by atoms with Crippen molar-refractivity contribution in [1.82, 2.24) is 0 Å². The first-order valence-corrected chi connectivity index (χ1v) is 20.6. The third-order valence-corrected chi connectivity index (χ3v) is 13.3. The SMILES string of the molecule is CC(C)(C)C1=CC2=C(c3ccc(C(=O)O)cc3)C(c3ccc(C(=O)O)cc3)=C3C=C(C(C)(C)C)C=C4C(c5ccc(C(=O)O)cc5)=C(c5ccc(C(=O)O)cc5)C(=C1)C2(C)C43C. The topological polar surface area (TPSA) is 149 Å². The van der Waals surface area contributed by atoms with Gasteiger partial charge in [0, 0.05) is 10.8 Å². The van der Waals surface area contributed by atoms with Gasteiger partial charge in [-0.05, 0) is 137 Å². The minimum absolute atomic E-state index is 0.144. The van der Waals surface area contributed by atoms with Gasteiger partial charge < -0.3 is 20.4 Å². The molecule has 8 rings (SSSR count). The van der Waals surface area contributed by atoms with Crippen molar-refractivity contribution >= 4 is 46.2 Å². The van der Waals surface area contributed by atoms with E-state index in [1.54, 1.807) is 48.5 Å². The first kappa shape index (κ1) is 41.7. The third-order valence-electron chi connectivity index (χ3n) is 13.3. The highest BCUT2D eigenvalue weighted by molar-refractivity contribution is 6.17. The number of allylic oxidation sites excluding steroid dienone is 14. The first-order chi connectivity index (χ1) is 29.1. The predicted molar refractivity (Wildman–Crippen MR) is 242 cm³/mol. The van der Waals surface area contributed by atoms with Crippen LogP contribution in [-0.4, -0.2) is 44.3 Å². The zero-order valence-corrected chi connectivity index (χ0v) is 36.0. The molecule has 4 aliphatic rings. The molecule has 8 nitrogen and oxygen atoms in total. The van der Waals surface area contributed by atoms with Crippen molar-refractivity contribution in [1.29, 1.82) is 0 Å². The molecule has 0 radical (unpaired) electrons. The summed E-state index contributed by atoms with van der Waals surface area (Å²) in [6.45, 7) is 17.5. The van der Waals surface area contributed by atoms with E-state index in [2.05, 4.69) is 79.7 Å². The lowest BCUT2D eigenvalue weighted by Crippen LogP contribution is -2.51. The molecule has 2 atom stereocenters. The lowest BCUT2D eigenvalue weighted by Gasteiger charge is -2.61. The Morgan fingerprint density at radius 1 is 0.371 bits per heavy atom. The average Bonchev–Trinajstić information content (AvgIpc) is 3.21. The number of benzene rings is 4. The normalized spacial score (nSPS) is 20.8. The fourth-order valence-electron chi connectivity index (χ4n) is 9.66. The van der Waals surface area contributed by atoms with E-state index in [0.29, 0.717) is 0 Å². The van der Waals surface area contributed by atoms with Crippen LogP contribution in [0.3, 0.4) is 0 Å². The average molecular weight is 825 g/mol. The van der Waals surface area contributed by atoms with Gasteiger partial charge in [0.1, 0.15) is 0 Å². The Morgan fingerprint density at radius 2 is 0.597 bits per heavy atom. The monoisotopic (exact) mass is 824 g/mol. The molecule has 312 valence electrons. The lowest BCUT2D eigenvalue weighted by atomic mass is 9.40. The number of rotatable bonds is 8. The Bertz CT molecular complexity index is 2680. The second-order valence-corrected chi connectivity index (χ2v) is 18.9. The fourth-order valence-corrected chi connectivity index (χ4v) is 9.66. The van der Waals surface area contributed by atoms with Gasteiger partial charge in [-0.15, -0.1) is 0 Å². The van der Waals surface area contributed by atoms with Crippen molar-refractivity contribution in [2.24, 2.45) is 21.7 Å². The minimum Gasteiger partial charge on any atom is -0.478 e. The van der Waals surface area contributed by atoms with Crippen LogP contribution in [0.2, 0.25) is 0 Å². The Balaban J connectivity index is 1.64. The van der Waals surface area contributed by atoms with Gasteiger partial charge in [0.2, 0.25) is 0 Å². The van der Waals surface area contributed by atoms with Crippen LogP contribution in [0.25, 0.3) is 22.3 Å². The molecule has 4 aliphatic carbocycles. The summed E-state index contributed by atoms with van der Waals surface area (Å²) >= 11 is 0. The maximum atomic E-state index is 12.2. The Kier molecular flexibility index (Phi) is 9.59. The maximum Gasteiger partial charge on any atom is 0.335 e. The number of carbonyl (C=O) groups is 4. The zero-order chi connectivity index (χ0) is 44.8. The third kappa shape index (κ3) is 6.35. The smallest absolute Gasteiger partial charge is 0.335 e. The van der Waals surface area contributed by atoms with Gasteiger partial charge in [-0.2, -0.15) is 0 Å². The summed E-state index contributed by atoms with van der Waals surface area (Å²) in [5.74, 6) is -4.18. The van der Waals surface area contributed by atoms with Crippen molar-refractivity contribution in [3.8, 4) is 0 Å². The molecule has 8 heteroatoms. The summed E-state index contributed by atoms with van der Waals surface area (Å²) < 4.78 is 0. The number of hydrogen-bond donors (Lipinski definition) is 4. The standard InChI is InChI=1S/C54H48O8/c1-51(2,3)37-25-39-43(29-9-17-33(18-10-29)47(55)56)45(31-13-21-35(22-14-31)49(59)60)41-27-38(52(4,5)6)28-42-46(32-15-23-36(24-16-32)50(61)62)44(30-11-19-34(20-12-30)48(57)58)40(26-37)53(39,7)54(41,42)8/h9-28H,1-8H3,(H,55,56)(H,57,58)(H,59,60)(H,61,62). The number of carboxylic acid groups (broad SMARTS) is 4. The Hall–Kier alpha value is -7.06. The molecule has 2 unspecified atom stereocenters. The van der Waals surface area contributed by atoms with E-state index < -0.39 is 34.7 Å². The van der Waals surface area contributed by atoms with E-state index in [1.165, 1.54) is 0 Å². The van der Waals surface area contributed by atoms with E-state index in [1.807, 2.05) is 48.5 Å². The molecule has 0 fully saturated rings. The largest absolute Gasteiger partial charge is 0.478 e. The van der Waals surface area contributed by atoms with E-state index in [9.17, 15) is 39.6 Å². The van der Waals surface area contributed by atoms with Gasteiger partial charge in [0.25, 0.3) is 0 Å². The molecule has 0 aromatic heterocycles. The number of aromatic carboxylic acids is 4. The number of carboxylic acids is 4. The second-order valence-electron chi connectivity index (χ2n) is 18.9. The molecule has 0 amide bonds. The van der Waals surface area contributed by atoms with E-state index >= 15 is 0 Å². The molecule has 62 heavy (non-hydrogen) atoms. The summed E-state index contributed by atoms with van der Waals surface area (Å²) in [6, 6.07) is 27.7. The van der Waals surface area contributed by atoms with Crippen LogP contribution in [-0.2, 0) is 0 Å². The van der Waals surface area contributed by atoms with Gasteiger partial charge in [-0.25, -0.2) is 19.2 Å². The van der Waals surface area contributed by atoms with Crippen LogP contribution in [0.4, 0.5) is 0 Å². The predicted octanol–water partition coefficient (Wildman–Crippen LogP) is 12.2. The summed E-state index contributed by atoms with van der Waals surface area (Å²) in [4.78, 5) is 48.8. The van der Waals surface area contributed by atoms with Crippen LogP contribution in [0.1, 0.15) is 119 Å². The van der Waals surface area contributed by atoms with Crippen molar-refractivity contribution in [2.45, 2.75) is 55.4 Å². The summed E-state index contributed by atoms with van der Waals surface area (Å²) in [5.41, 5.74) is 10.9. The molecule has 0 spiro atoms. The first-order valence-electron chi connectivity index (χ1n) is 20.6. The molecule has 4 N–H and O–H groups in total. The van der Waals surface area contributed by atoms with E-state index in [-0.39, 0.29) is 33.1 Å². The molecule has 4 aromatic rings. The second kappa shape index (κ2) is 14.3. The minimum atomic E-state index is -1.04. The zero-order valence-electron chi connectivity index (χ0n) is 36.0. The lowest BCUT2D eigenvalue weighted by molar-refractivity contribution is 0.0686. The van der Waals surface area contributed by atoms with Gasteiger partial charge in [-0.3, -0.25) is 0 Å². The van der Waals surface area contributed by atoms with Crippen LogP contribution >= 0.6 is 0 Å². The molecule has 0 aliphatic heterocycles.